The first-order valence-corrected chi connectivity index (χ1v) is 6.95. The van der Waals surface area contributed by atoms with E-state index < -0.39 is 0 Å². The molecule has 6 heteroatoms. The summed E-state index contributed by atoms with van der Waals surface area (Å²) >= 11 is 0. The van der Waals surface area contributed by atoms with Gasteiger partial charge in [0, 0.05) is 35.5 Å². The minimum absolute atomic E-state index is 0.0254. The summed E-state index contributed by atoms with van der Waals surface area (Å²) in [5.41, 5.74) is 1.76. The Hall–Kier alpha value is -2.37. The van der Waals surface area contributed by atoms with E-state index in [9.17, 15) is 4.79 Å². The topological polar surface area (TPSA) is 80.7 Å². The third-order valence-corrected chi connectivity index (χ3v) is 3.49. The number of amides is 1. The van der Waals surface area contributed by atoms with Gasteiger partial charge in [0.1, 0.15) is 17.5 Å². The van der Waals surface area contributed by atoms with E-state index in [4.69, 9.17) is 0 Å². The molecule has 6 nitrogen and oxygen atoms in total. The van der Waals surface area contributed by atoms with Crippen LogP contribution in [0.5, 0.6) is 0 Å². The van der Waals surface area contributed by atoms with Crippen molar-refractivity contribution < 1.29 is 4.79 Å². The van der Waals surface area contributed by atoms with E-state index in [1.807, 2.05) is 26.8 Å². The first-order chi connectivity index (χ1) is 10.0. The highest BCUT2D eigenvalue weighted by molar-refractivity contribution is 5.94. The first-order valence-electron chi connectivity index (χ1n) is 6.95. The van der Waals surface area contributed by atoms with Gasteiger partial charge >= 0.3 is 0 Å². The molecule has 3 rings (SSSR count). The number of hydrogen-bond acceptors (Lipinski definition) is 5. The van der Waals surface area contributed by atoms with Gasteiger partial charge in [-0.05, 0) is 33.3 Å². The molecule has 108 valence electrons. The van der Waals surface area contributed by atoms with Gasteiger partial charge in [0.25, 0.3) is 0 Å². The average Bonchev–Trinajstić information content (AvgIpc) is 3.17. The van der Waals surface area contributed by atoms with E-state index >= 15 is 0 Å². The largest absolute Gasteiger partial charge is 0.310 e. The van der Waals surface area contributed by atoms with Gasteiger partial charge in [-0.2, -0.15) is 0 Å². The number of anilines is 1. The fourth-order valence-electron chi connectivity index (χ4n) is 2.42. The van der Waals surface area contributed by atoms with Crippen molar-refractivity contribution >= 4 is 11.7 Å². The molecule has 0 spiro atoms. The molecule has 0 bridgehead atoms. The molecule has 0 saturated heterocycles. The molecule has 2 aromatic heterocycles. The molecule has 1 amide bonds. The molecule has 0 aromatic carbocycles. The zero-order valence-corrected chi connectivity index (χ0v) is 12.3. The van der Waals surface area contributed by atoms with Crippen molar-refractivity contribution in [2.75, 3.05) is 5.32 Å². The zero-order chi connectivity index (χ0) is 15.0. The van der Waals surface area contributed by atoms with Gasteiger partial charge in [0.15, 0.2) is 0 Å². The molecular weight excluding hydrogens is 266 g/mol. The molecule has 0 radical (unpaired) electrons. The van der Waals surface area contributed by atoms with Crippen LogP contribution in [0.2, 0.25) is 0 Å². The van der Waals surface area contributed by atoms with Crippen LogP contribution >= 0.6 is 0 Å². The van der Waals surface area contributed by atoms with Gasteiger partial charge in [0.2, 0.25) is 5.91 Å². The lowest BCUT2D eigenvalue weighted by molar-refractivity contribution is -0.117. The monoisotopic (exact) mass is 283 g/mol. The number of aryl methyl sites for hydroxylation is 3. The number of rotatable bonds is 3. The maximum Gasteiger partial charge on any atom is 0.229 e. The Labute approximate surface area is 123 Å². The molecular formula is C15H17N5O. The van der Waals surface area contributed by atoms with Gasteiger partial charge in [-0.15, -0.1) is 0 Å². The maximum absolute atomic E-state index is 12.2. The lowest BCUT2D eigenvalue weighted by Gasteiger charge is -2.05. The number of carbonyl (C=O) groups is 1. The van der Waals surface area contributed by atoms with Crippen LogP contribution in [0.25, 0.3) is 0 Å². The summed E-state index contributed by atoms with van der Waals surface area (Å²) in [4.78, 5) is 29.3. The summed E-state index contributed by atoms with van der Waals surface area (Å²) in [6.45, 7) is 5.61. The van der Waals surface area contributed by atoms with Crippen molar-refractivity contribution in [3.8, 4) is 0 Å². The van der Waals surface area contributed by atoms with Gasteiger partial charge in [-0.1, -0.05) is 0 Å². The second-order valence-electron chi connectivity index (χ2n) is 5.44. The molecule has 1 aliphatic rings. The second-order valence-corrected chi connectivity index (χ2v) is 5.44. The number of nitrogens with one attached hydrogen (secondary N) is 1. The van der Waals surface area contributed by atoms with Crippen LogP contribution in [0.1, 0.15) is 35.4 Å². The van der Waals surface area contributed by atoms with Crippen LogP contribution in [0, 0.1) is 26.7 Å². The van der Waals surface area contributed by atoms with Gasteiger partial charge in [-0.3, -0.25) is 4.79 Å². The van der Waals surface area contributed by atoms with E-state index in [1.54, 1.807) is 12.3 Å². The molecule has 1 aliphatic carbocycles. The molecule has 2 atom stereocenters. The van der Waals surface area contributed by atoms with Crippen molar-refractivity contribution in [3.05, 3.63) is 41.4 Å². The second kappa shape index (κ2) is 5.20. The highest BCUT2D eigenvalue weighted by Crippen LogP contribution is 2.46. The van der Waals surface area contributed by atoms with E-state index in [2.05, 4.69) is 25.3 Å². The minimum Gasteiger partial charge on any atom is -0.310 e. The van der Waals surface area contributed by atoms with Crippen LogP contribution in [0.4, 0.5) is 5.82 Å². The molecule has 1 fully saturated rings. The Kier molecular flexibility index (Phi) is 3.37. The predicted octanol–water partition coefficient (Wildman–Crippen LogP) is 1.93. The van der Waals surface area contributed by atoms with Crippen molar-refractivity contribution in [3.63, 3.8) is 0 Å². The van der Waals surface area contributed by atoms with E-state index in [-0.39, 0.29) is 17.7 Å². The standard InChI is InChI=1S/C15H17N5O/c1-8-4-5-16-14(18-8)11-7-12(11)15(21)20-13-6-9(2)17-10(3)19-13/h4-6,11-12H,7H2,1-3H3,(H,17,19,20,21)/t11-,12-/m0/s1. The summed E-state index contributed by atoms with van der Waals surface area (Å²) in [5, 5.41) is 2.85. The van der Waals surface area contributed by atoms with Gasteiger partial charge in [-0.25, -0.2) is 19.9 Å². The highest BCUT2D eigenvalue weighted by Gasteiger charge is 2.46. The third-order valence-electron chi connectivity index (χ3n) is 3.49. The average molecular weight is 283 g/mol. The molecule has 1 N–H and O–H groups in total. The third kappa shape index (κ3) is 3.04. The Bertz CT molecular complexity index is 680. The normalized spacial score (nSPS) is 20.1. The Morgan fingerprint density at radius 2 is 2.00 bits per heavy atom. The molecule has 0 unspecified atom stereocenters. The van der Waals surface area contributed by atoms with Crippen LogP contribution in [-0.2, 0) is 4.79 Å². The van der Waals surface area contributed by atoms with Crippen molar-refractivity contribution in [1.29, 1.82) is 0 Å². The minimum atomic E-state index is -0.0672. The molecule has 1 saturated carbocycles. The van der Waals surface area contributed by atoms with Crippen LogP contribution < -0.4 is 5.32 Å². The van der Waals surface area contributed by atoms with Gasteiger partial charge < -0.3 is 5.32 Å². The summed E-state index contributed by atoms with van der Waals surface area (Å²) < 4.78 is 0. The number of carbonyl (C=O) groups excluding carboxylic acids is 1. The zero-order valence-electron chi connectivity index (χ0n) is 12.3. The molecule has 21 heavy (non-hydrogen) atoms. The van der Waals surface area contributed by atoms with E-state index in [0.717, 1.165) is 23.6 Å². The lowest BCUT2D eigenvalue weighted by atomic mass is 10.2. The Balaban J connectivity index is 1.68. The van der Waals surface area contributed by atoms with Gasteiger partial charge in [0.05, 0.1) is 0 Å². The van der Waals surface area contributed by atoms with E-state index in [0.29, 0.717) is 11.6 Å². The number of aromatic nitrogens is 4. The fraction of sp³-hybridized carbons (Fsp3) is 0.400. The number of hydrogen-bond donors (Lipinski definition) is 1. The summed E-state index contributed by atoms with van der Waals surface area (Å²) in [7, 11) is 0. The van der Waals surface area contributed by atoms with Crippen molar-refractivity contribution in [2.24, 2.45) is 5.92 Å². The van der Waals surface area contributed by atoms with E-state index in [1.165, 1.54) is 0 Å². The summed E-state index contributed by atoms with van der Waals surface area (Å²) in [6.07, 6.45) is 2.53. The van der Waals surface area contributed by atoms with Crippen molar-refractivity contribution in [2.45, 2.75) is 33.1 Å². The highest BCUT2D eigenvalue weighted by atomic mass is 16.2. The molecule has 2 heterocycles. The van der Waals surface area contributed by atoms with Crippen LogP contribution in [0.3, 0.4) is 0 Å². The van der Waals surface area contributed by atoms with Crippen LogP contribution in [0.15, 0.2) is 18.3 Å². The quantitative estimate of drug-likeness (QED) is 0.931. The maximum atomic E-state index is 12.2. The van der Waals surface area contributed by atoms with Crippen molar-refractivity contribution in [1.82, 2.24) is 19.9 Å². The Morgan fingerprint density at radius 1 is 1.19 bits per heavy atom. The molecule has 2 aromatic rings. The lowest BCUT2D eigenvalue weighted by Crippen LogP contribution is -2.16. The predicted molar refractivity (Wildman–Crippen MR) is 77.8 cm³/mol. The SMILES string of the molecule is Cc1cc(NC(=O)[C@H]2C[C@@H]2c2nccc(C)n2)nc(C)n1. The smallest absolute Gasteiger partial charge is 0.229 e. The first kappa shape index (κ1) is 13.6. The summed E-state index contributed by atoms with van der Waals surface area (Å²) in [5.74, 6) is 1.99. The summed E-state index contributed by atoms with van der Waals surface area (Å²) in [6, 6.07) is 3.62. The van der Waals surface area contributed by atoms with Crippen LogP contribution in [-0.4, -0.2) is 25.8 Å². The fourth-order valence-corrected chi connectivity index (χ4v) is 2.42. The number of nitrogens with zero attached hydrogens (tertiary/aromatic N) is 4. The molecule has 0 aliphatic heterocycles. The Morgan fingerprint density at radius 3 is 2.71 bits per heavy atom.